The van der Waals surface area contributed by atoms with Gasteiger partial charge in [-0.15, -0.1) is 0 Å². The van der Waals surface area contributed by atoms with E-state index < -0.39 is 0 Å². The van der Waals surface area contributed by atoms with Gasteiger partial charge in [0.1, 0.15) is 0 Å². The second kappa shape index (κ2) is 5.95. The van der Waals surface area contributed by atoms with E-state index >= 15 is 0 Å². The Kier molecular flexibility index (Phi) is 4.03. The Balaban J connectivity index is 1.79. The molecule has 0 radical (unpaired) electrons. The molecular weight excluding hydrogens is 268 g/mol. The molecule has 0 aliphatic carbocycles. The van der Waals surface area contributed by atoms with E-state index in [1.165, 1.54) is 4.90 Å². The number of amides is 2. The Morgan fingerprint density at radius 2 is 1.71 bits per heavy atom. The van der Waals surface area contributed by atoms with Crippen LogP contribution < -0.4 is 0 Å². The molecule has 112 valence electrons. The number of hydrogen-bond acceptors (Lipinski definition) is 4. The molecule has 1 aromatic carbocycles. The fraction of sp³-hybridized carbons (Fsp3) is 0.500. The molecule has 1 saturated heterocycles. The Labute approximate surface area is 124 Å². The summed E-state index contributed by atoms with van der Waals surface area (Å²) in [5.74, 6) is -0.451. The molecule has 2 aliphatic heterocycles. The predicted octanol–water partition coefficient (Wildman–Crippen LogP) is 1.48. The predicted molar refractivity (Wildman–Crippen MR) is 77.9 cm³/mol. The number of benzene rings is 1. The smallest absolute Gasteiger partial charge is 0.262 e. The van der Waals surface area contributed by atoms with Gasteiger partial charge in [0, 0.05) is 12.6 Å². The standard InChI is InChI=1S/C16H20N2O3/c19-10-12-6-2-1-5-9-17(12)11-18-15(20)13-7-3-4-8-14(13)16(18)21/h3-4,7-8,12,19H,1-2,5-6,9-11H2. The molecule has 2 amide bonds. The van der Waals surface area contributed by atoms with E-state index in [0.29, 0.717) is 11.1 Å². The summed E-state index contributed by atoms with van der Waals surface area (Å²) in [4.78, 5) is 28.1. The Bertz CT molecular complexity index is 523. The molecule has 0 spiro atoms. The van der Waals surface area contributed by atoms with Crippen LogP contribution in [-0.2, 0) is 0 Å². The lowest BCUT2D eigenvalue weighted by molar-refractivity contribution is 0.0415. The lowest BCUT2D eigenvalue weighted by Crippen LogP contribution is -2.47. The summed E-state index contributed by atoms with van der Waals surface area (Å²) in [5.41, 5.74) is 0.968. The van der Waals surface area contributed by atoms with Crippen LogP contribution >= 0.6 is 0 Å². The van der Waals surface area contributed by atoms with Crippen LogP contribution in [0.5, 0.6) is 0 Å². The molecule has 0 saturated carbocycles. The van der Waals surface area contributed by atoms with Crippen LogP contribution in [0, 0.1) is 0 Å². The van der Waals surface area contributed by atoms with Crippen LogP contribution in [0.1, 0.15) is 46.4 Å². The quantitative estimate of drug-likeness (QED) is 0.856. The molecule has 1 N–H and O–H groups in total. The van der Waals surface area contributed by atoms with Crippen molar-refractivity contribution >= 4 is 11.8 Å². The van der Waals surface area contributed by atoms with Crippen LogP contribution in [0.2, 0.25) is 0 Å². The first-order chi connectivity index (χ1) is 10.2. The minimum atomic E-state index is -0.225. The Hall–Kier alpha value is -1.72. The summed E-state index contributed by atoms with van der Waals surface area (Å²) < 4.78 is 0. The number of fused-ring (bicyclic) bond motifs is 1. The second-order valence-corrected chi connectivity index (χ2v) is 5.72. The normalized spacial score (nSPS) is 23.3. The van der Waals surface area contributed by atoms with E-state index in [2.05, 4.69) is 4.90 Å². The van der Waals surface area contributed by atoms with Crippen molar-refractivity contribution in [3.05, 3.63) is 35.4 Å². The van der Waals surface area contributed by atoms with Crippen LogP contribution in [0.3, 0.4) is 0 Å². The number of hydrogen-bond donors (Lipinski definition) is 1. The molecule has 1 unspecified atom stereocenters. The van der Waals surface area contributed by atoms with Crippen molar-refractivity contribution in [1.82, 2.24) is 9.80 Å². The van der Waals surface area contributed by atoms with Gasteiger partial charge in [0.15, 0.2) is 0 Å². The lowest BCUT2D eigenvalue weighted by atomic mass is 10.1. The van der Waals surface area contributed by atoms with Gasteiger partial charge in [0.2, 0.25) is 0 Å². The SMILES string of the molecule is O=C1c2ccccc2C(=O)N1CN1CCCCCC1CO. The average Bonchev–Trinajstić information content (AvgIpc) is 2.69. The van der Waals surface area contributed by atoms with E-state index in [4.69, 9.17) is 0 Å². The van der Waals surface area contributed by atoms with Gasteiger partial charge in [-0.1, -0.05) is 25.0 Å². The lowest BCUT2D eigenvalue weighted by Gasteiger charge is -2.31. The highest BCUT2D eigenvalue weighted by molar-refractivity contribution is 6.21. The first-order valence-corrected chi connectivity index (χ1v) is 7.52. The van der Waals surface area contributed by atoms with Crippen molar-refractivity contribution < 1.29 is 14.7 Å². The summed E-state index contributed by atoms with van der Waals surface area (Å²) in [5, 5.41) is 9.54. The maximum absolute atomic E-state index is 12.4. The van der Waals surface area contributed by atoms with E-state index in [1.807, 2.05) is 0 Å². The molecular formula is C16H20N2O3. The first kappa shape index (κ1) is 14.2. The average molecular weight is 288 g/mol. The topological polar surface area (TPSA) is 60.9 Å². The monoisotopic (exact) mass is 288 g/mol. The van der Waals surface area contributed by atoms with E-state index in [0.717, 1.165) is 32.2 Å². The van der Waals surface area contributed by atoms with Crippen molar-refractivity contribution in [3.8, 4) is 0 Å². The van der Waals surface area contributed by atoms with Gasteiger partial charge in [-0.25, -0.2) is 0 Å². The summed E-state index contributed by atoms with van der Waals surface area (Å²) in [7, 11) is 0. The number of rotatable bonds is 3. The number of imide groups is 1. The number of carbonyl (C=O) groups is 2. The molecule has 0 aromatic heterocycles. The minimum absolute atomic E-state index is 0.0387. The summed E-state index contributed by atoms with van der Waals surface area (Å²) in [6.07, 6.45) is 4.18. The molecule has 2 aliphatic rings. The number of nitrogens with zero attached hydrogens (tertiary/aromatic N) is 2. The van der Waals surface area contributed by atoms with E-state index in [9.17, 15) is 14.7 Å². The van der Waals surface area contributed by atoms with Gasteiger partial charge in [0.25, 0.3) is 11.8 Å². The van der Waals surface area contributed by atoms with Crippen LogP contribution in [0.25, 0.3) is 0 Å². The molecule has 21 heavy (non-hydrogen) atoms. The summed E-state index contributed by atoms with van der Waals surface area (Å²) >= 11 is 0. The molecule has 5 heteroatoms. The zero-order valence-corrected chi connectivity index (χ0v) is 12.0. The third-order valence-corrected chi connectivity index (χ3v) is 4.41. The molecule has 5 nitrogen and oxygen atoms in total. The molecule has 1 aromatic rings. The fourth-order valence-corrected chi connectivity index (χ4v) is 3.18. The van der Waals surface area contributed by atoms with E-state index in [1.54, 1.807) is 24.3 Å². The minimum Gasteiger partial charge on any atom is -0.395 e. The molecule has 3 rings (SSSR count). The molecule has 1 atom stereocenters. The van der Waals surface area contributed by atoms with Gasteiger partial charge in [-0.05, 0) is 25.0 Å². The Morgan fingerprint density at radius 1 is 1.05 bits per heavy atom. The van der Waals surface area contributed by atoms with Gasteiger partial charge in [-0.3, -0.25) is 19.4 Å². The number of aliphatic hydroxyl groups excluding tert-OH is 1. The fourth-order valence-electron chi connectivity index (χ4n) is 3.18. The highest BCUT2D eigenvalue weighted by Gasteiger charge is 2.37. The largest absolute Gasteiger partial charge is 0.395 e. The highest BCUT2D eigenvalue weighted by atomic mass is 16.3. The number of carbonyl (C=O) groups excluding carboxylic acids is 2. The molecule has 1 fully saturated rings. The van der Waals surface area contributed by atoms with Crippen LogP contribution in [0.15, 0.2) is 24.3 Å². The number of likely N-dealkylation sites (tertiary alicyclic amines) is 1. The van der Waals surface area contributed by atoms with Crippen LogP contribution in [-0.4, -0.2) is 52.6 Å². The van der Waals surface area contributed by atoms with Gasteiger partial charge < -0.3 is 5.11 Å². The van der Waals surface area contributed by atoms with Crippen molar-refractivity contribution in [1.29, 1.82) is 0 Å². The van der Waals surface area contributed by atoms with E-state index in [-0.39, 0.29) is 31.1 Å². The van der Waals surface area contributed by atoms with Crippen LogP contribution in [0.4, 0.5) is 0 Å². The zero-order chi connectivity index (χ0) is 14.8. The highest BCUT2D eigenvalue weighted by Crippen LogP contribution is 2.24. The maximum Gasteiger partial charge on any atom is 0.262 e. The molecule has 2 heterocycles. The zero-order valence-electron chi connectivity index (χ0n) is 12.0. The van der Waals surface area contributed by atoms with Gasteiger partial charge >= 0.3 is 0 Å². The van der Waals surface area contributed by atoms with Crippen molar-refractivity contribution in [2.75, 3.05) is 19.8 Å². The first-order valence-electron chi connectivity index (χ1n) is 7.52. The van der Waals surface area contributed by atoms with Crippen molar-refractivity contribution in [2.45, 2.75) is 31.7 Å². The summed E-state index contributed by atoms with van der Waals surface area (Å²) in [6, 6.07) is 6.98. The Morgan fingerprint density at radius 3 is 2.33 bits per heavy atom. The van der Waals surface area contributed by atoms with Gasteiger partial charge in [0.05, 0.1) is 24.4 Å². The van der Waals surface area contributed by atoms with Crippen molar-refractivity contribution in [2.24, 2.45) is 0 Å². The summed E-state index contributed by atoms with van der Waals surface area (Å²) in [6.45, 7) is 1.17. The number of aliphatic hydroxyl groups is 1. The molecule has 0 bridgehead atoms. The third kappa shape index (κ3) is 2.59. The second-order valence-electron chi connectivity index (χ2n) is 5.72. The van der Waals surface area contributed by atoms with Crippen molar-refractivity contribution in [3.63, 3.8) is 0 Å². The maximum atomic E-state index is 12.4. The van der Waals surface area contributed by atoms with Gasteiger partial charge in [-0.2, -0.15) is 0 Å². The third-order valence-electron chi connectivity index (χ3n) is 4.41.